The van der Waals surface area contributed by atoms with E-state index in [4.69, 9.17) is 4.74 Å². The van der Waals surface area contributed by atoms with Gasteiger partial charge in [-0.1, -0.05) is 37.3 Å². The summed E-state index contributed by atoms with van der Waals surface area (Å²) in [6.45, 7) is 7.91. The number of benzene rings is 2. The third-order valence-electron chi connectivity index (χ3n) is 6.56. The zero-order valence-corrected chi connectivity index (χ0v) is 18.6. The summed E-state index contributed by atoms with van der Waals surface area (Å²) in [7, 11) is 0. The standard InChI is InChI=1S/C24H28FN5O2/c1-4-19(16-8-6-5-7-9-16)29-13-24(3,14-29)26-18-11-20-21(10-17(18)25)32-12-22-27-28-23(31)15(2)30(20)22/h5-11,15,19,26H,4,12-14H2,1-3H3,(H,28,31). The van der Waals surface area contributed by atoms with E-state index in [0.717, 1.165) is 19.5 Å². The summed E-state index contributed by atoms with van der Waals surface area (Å²) in [5, 5.41) is 7.52. The molecule has 0 radical (unpaired) electrons. The Bertz CT molecular complexity index is 1070. The van der Waals surface area contributed by atoms with Crippen molar-refractivity contribution in [1.29, 1.82) is 0 Å². The third kappa shape index (κ3) is 3.48. The molecule has 1 amide bonds. The molecule has 3 aliphatic rings. The van der Waals surface area contributed by atoms with Gasteiger partial charge in [0.2, 0.25) is 0 Å². The minimum Gasteiger partial charge on any atom is -0.483 e. The molecule has 2 atom stereocenters. The van der Waals surface area contributed by atoms with Crippen molar-refractivity contribution in [1.82, 2.24) is 10.3 Å². The monoisotopic (exact) mass is 437 g/mol. The molecule has 0 aliphatic carbocycles. The molecule has 168 valence electrons. The fourth-order valence-electron chi connectivity index (χ4n) is 5.00. The van der Waals surface area contributed by atoms with Gasteiger partial charge in [0.05, 0.1) is 16.9 Å². The molecule has 7 nitrogen and oxygen atoms in total. The van der Waals surface area contributed by atoms with Crippen LogP contribution in [0.25, 0.3) is 0 Å². The highest BCUT2D eigenvalue weighted by molar-refractivity contribution is 6.09. The number of amidine groups is 1. The van der Waals surface area contributed by atoms with E-state index in [2.05, 4.69) is 58.9 Å². The molecule has 2 aromatic rings. The molecule has 0 saturated carbocycles. The molecule has 2 aromatic carbocycles. The van der Waals surface area contributed by atoms with Gasteiger partial charge in [-0.15, -0.1) is 0 Å². The number of likely N-dealkylation sites (tertiary alicyclic amines) is 1. The maximum Gasteiger partial charge on any atom is 0.262 e. The SMILES string of the molecule is CCC(c1ccccc1)N1CC(C)(Nc2cc3c(cc2F)OCC2=NNC(=O)C(C)N23)C1. The quantitative estimate of drug-likeness (QED) is 0.750. The number of ether oxygens (including phenoxy) is 1. The summed E-state index contributed by atoms with van der Waals surface area (Å²) in [6.07, 6.45) is 1.02. The predicted molar refractivity (Wildman–Crippen MR) is 122 cm³/mol. The van der Waals surface area contributed by atoms with Gasteiger partial charge in [-0.05, 0) is 31.9 Å². The second kappa shape index (κ2) is 7.78. The number of hydrazone groups is 1. The van der Waals surface area contributed by atoms with Gasteiger partial charge in [0, 0.05) is 25.2 Å². The van der Waals surface area contributed by atoms with Gasteiger partial charge in [0.1, 0.15) is 24.2 Å². The van der Waals surface area contributed by atoms with E-state index in [0.29, 0.717) is 29.0 Å². The van der Waals surface area contributed by atoms with Crippen LogP contribution in [0.5, 0.6) is 5.75 Å². The van der Waals surface area contributed by atoms with Crippen LogP contribution in [0.2, 0.25) is 0 Å². The van der Waals surface area contributed by atoms with Gasteiger partial charge in [0.25, 0.3) is 5.91 Å². The largest absolute Gasteiger partial charge is 0.483 e. The first-order valence-electron chi connectivity index (χ1n) is 11.1. The summed E-state index contributed by atoms with van der Waals surface area (Å²) in [4.78, 5) is 16.4. The molecule has 3 aliphatic heterocycles. The van der Waals surface area contributed by atoms with Crippen LogP contribution in [0.1, 0.15) is 38.8 Å². The summed E-state index contributed by atoms with van der Waals surface area (Å²) >= 11 is 0. The van der Waals surface area contributed by atoms with Crippen molar-refractivity contribution in [2.75, 3.05) is 29.9 Å². The minimum atomic E-state index is -0.450. The number of carbonyl (C=O) groups excluding carboxylic acids is 1. The first-order valence-corrected chi connectivity index (χ1v) is 11.1. The second-order valence-corrected chi connectivity index (χ2v) is 9.06. The smallest absolute Gasteiger partial charge is 0.262 e. The number of nitrogens with one attached hydrogen (secondary N) is 2. The van der Waals surface area contributed by atoms with E-state index in [1.807, 2.05) is 11.0 Å². The Labute approximate surface area is 187 Å². The van der Waals surface area contributed by atoms with Crippen molar-refractivity contribution in [3.8, 4) is 5.75 Å². The van der Waals surface area contributed by atoms with E-state index >= 15 is 0 Å². The minimum absolute atomic E-state index is 0.189. The number of halogens is 1. The van der Waals surface area contributed by atoms with Crippen molar-refractivity contribution in [3.63, 3.8) is 0 Å². The lowest BCUT2D eigenvalue weighted by Gasteiger charge is -2.52. The molecule has 0 spiro atoms. The van der Waals surface area contributed by atoms with Crippen LogP contribution >= 0.6 is 0 Å². The summed E-state index contributed by atoms with van der Waals surface area (Å²) in [5.41, 5.74) is 4.61. The number of rotatable bonds is 5. The molecule has 0 aromatic heterocycles. The van der Waals surface area contributed by atoms with Crippen molar-refractivity contribution in [2.45, 2.75) is 44.8 Å². The molecule has 2 N–H and O–H groups in total. The van der Waals surface area contributed by atoms with Crippen LogP contribution in [0, 0.1) is 5.82 Å². The predicted octanol–water partition coefficient (Wildman–Crippen LogP) is 3.49. The fourth-order valence-corrected chi connectivity index (χ4v) is 5.00. The van der Waals surface area contributed by atoms with Crippen molar-refractivity contribution in [2.24, 2.45) is 5.10 Å². The van der Waals surface area contributed by atoms with Crippen LogP contribution in [0.3, 0.4) is 0 Å². The van der Waals surface area contributed by atoms with E-state index in [1.54, 1.807) is 13.0 Å². The maximum atomic E-state index is 15.0. The highest BCUT2D eigenvalue weighted by Gasteiger charge is 2.43. The number of hydrogen-bond donors (Lipinski definition) is 2. The second-order valence-electron chi connectivity index (χ2n) is 9.06. The lowest BCUT2D eigenvalue weighted by molar-refractivity contribution is -0.122. The van der Waals surface area contributed by atoms with Gasteiger partial charge >= 0.3 is 0 Å². The van der Waals surface area contributed by atoms with E-state index < -0.39 is 6.04 Å². The number of amides is 1. The molecule has 1 fully saturated rings. The summed E-state index contributed by atoms with van der Waals surface area (Å²) in [6, 6.07) is 13.5. The Morgan fingerprint density at radius 1 is 1.31 bits per heavy atom. The molecule has 0 bridgehead atoms. The summed E-state index contributed by atoms with van der Waals surface area (Å²) in [5.74, 6) is 0.461. The molecule has 5 rings (SSSR count). The number of carbonyl (C=O) groups is 1. The molecule has 8 heteroatoms. The zero-order chi connectivity index (χ0) is 22.5. The number of fused-ring (bicyclic) bond motifs is 3. The van der Waals surface area contributed by atoms with E-state index in [1.165, 1.54) is 11.6 Å². The average Bonchev–Trinajstić information content (AvgIpc) is 2.77. The van der Waals surface area contributed by atoms with Crippen LogP contribution in [0.4, 0.5) is 15.8 Å². The average molecular weight is 438 g/mol. The van der Waals surface area contributed by atoms with Gasteiger partial charge in [-0.2, -0.15) is 5.10 Å². The van der Waals surface area contributed by atoms with Crippen molar-refractivity contribution in [3.05, 3.63) is 53.8 Å². The Kier molecular flexibility index (Phi) is 5.04. The molecule has 32 heavy (non-hydrogen) atoms. The molecule has 1 saturated heterocycles. The highest BCUT2D eigenvalue weighted by atomic mass is 19.1. The first kappa shape index (κ1) is 20.8. The van der Waals surface area contributed by atoms with E-state index in [9.17, 15) is 9.18 Å². The molecular formula is C24H28FN5O2. The Balaban J connectivity index is 1.36. The maximum absolute atomic E-state index is 15.0. The molecular weight excluding hydrogens is 409 g/mol. The van der Waals surface area contributed by atoms with Gasteiger partial charge < -0.3 is 15.0 Å². The van der Waals surface area contributed by atoms with Crippen molar-refractivity contribution >= 4 is 23.1 Å². The normalized spacial score (nSPS) is 22.5. The van der Waals surface area contributed by atoms with Gasteiger partial charge in [-0.25, -0.2) is 9.82 Å². The van der Waals surface area contributed by atoms with Crippen LogP contribution in [-0.2, 0) is 4.79 Å². The zero-order valence-electron chi connectivity index (χ0n) is 18.6. The number of hydrogen-bond acceptors (Lipinski definition) is 6. The molecule has 3 heterocycles. The molecule has 2 unspecified atom stereocenters. The number of nitrogens with zero attached hydrogens (tertiary/aromatic N) is 3. The Morgan fingerprint density at radius 2 is 2.06 bits per heavy atom. The topological polar surface area (TPSA) is 69.2 Å². The number of anilines is 2. The summed E-state index contributed by atoms with van der Waals surface area (Å²) < 4.78 is 20.7. The van der Waals surface area contributed by atoms with Crippen LogP contribution in [-0.4, -0.2) is 47.9 Å². The van der Waals surface area contributed by atoms with Gasteiger partial charge in [0.15, 0.2) is 5.84 Å². The van der Waals surface area contributed by atoms with Crippen LogP contribution < -0.4 is 20.4 Å². The van der Waals surface area contributed by atoms with Gasteiger partial charge in [-0.3, -0.25) is 9.69 Å². The highest BCUT2D eigenvalue weighted by Crippen LogP contribution is 2.41. The Hall–Kier alpha value is -3.13. The third-order valence-corrected chi connectivity index (χ3v) is 6.56. The first-order chi connectivity index (χ1) is 15.4. The lowest BCUT2D eigenvalue weighted by Crippen LogP contribution is -2.64. The Morgan fingerprint density at radius 3 is 2.78 bits per heavy atom. The fraction of sp³-hybridized carbons (Fsp3) is 0.417. The van der Waals surface area contributed by atoms with E-state index in [-0.39, 0.29) is 23.9 Å². The van der Waals surface area contributed by atoms with Crippen molar-refractivity contribution < 1.29 is 13.9 Å². The lowest BCUT2D eigenvalue weighted by atomic mass is 9.87. The van der Waals surface area contributed by atoms with Crippen LogP contribution in [0.15, 0.2) is 47.6 Å².